The maximum absolute atomic E-state index is 13.1. The van der Waals surface area contributed by atoms with Crippen LogP contribution in [-0.4, -0.2) is 40.3 Å². The SMILES string of the molecule is COc1ccc(NC(=O)[C@H](Cc2cn(C)c3ccccc23)NC(=O)OC(C)(C)C)cn1. The van der Waals surface area contributed by atoms with Crippen LogP contribution in [0.15, 0.2) is 48.8 Å². The molecule has 2 aromatic heterocycles. The first-order chi connectivity index (χ1) is 14.7. The molecule has 0 radical (unpaired) electrons. The molecule has 0 saturated carbocycles. The average molecular weight is 425 g/mol. The van der Waals surface area contributed by atoms with Crippen LogP contribution >= 0.6 is 0 Å². The monoisotopic (exact) mass is 424 g/mol. The summed E-state index contributed by atoms with van der Waals surface area (Å²) in [5.74, 6) is 0.0722. The lowest BCUT2D eigenvalue weighted by Crippen LogP contribution is -2.47. The third kappa shape index (κ3) is 5.75. The molecule has 31 heavy (non-hydrogen) atoms. The molecule has 8 heteroatoms. The van der Waals surface area contributed by atoms with Gasteiger partial charge in [-0.15, -0.1) is 0 Å². The van der Waals surface area contributed by atoms with E-state index in [1.54, 1.807) is 32.9 Å². The summed E-state index contributed by atoms with van der Waals surface area (Å²) in [6.45, 7) is 5.32. The van der Waals surface area contributed by atoms with Gasteiger partial charge in [-0.3, -0.25) is 4.79 Å². The number of aromatic nitrogens is 2. The lowest BCUT2D eigenvalue weighted by atomic mass is 10.0. The van der Waals surface area contributed by atoms with Crippen molar-refractivity contribution in [1.82, 2.24) is 14.9 Å². The Morgan fingerprint density at radius 3 is 2.55 bits per heavy atom. The number of methoxy groups -OCH3 is 1. The first-order valence-electron chi connectivity index (χ1n) is 9.99. The van der Waals surface area contributed by atoms with Crippen LogP contribution in [0.5, 0.6) is 5.88 Å². The fourth-order valence-corrected chi connectivity index (χ4v) is 3.27. The van der Waals surface area contributed by atoms with Gasteiger partial charge in [-0.25, -0.2) is 9.78 Å². The smallest absolute Gasteiger partial charge is 0.408 e. The number of para-hydroxylation sites is 1. The second-order valence-corrected chi connectivity index (χ2v) is 8.26. The summed E-state index contributed by atoms with van der Waals surface area (Å²) >= 11 is 0. The first kappa shape index (κ1) is 22.1. The highest BCUT2D eigenvalue weighted by Gasteiger charge is 2.26. The van der Waals surface area contributed by atoms with E-state index in [0.29, 0.717) is 18.0 Å². The van der Waals surface area contributed by atoms with Crippen LogP contribution in [-0.2, 0) is 23.0 Å². The van der Waals surface area contributed by atoms with Crippen LogP contribution in [0.25, 0.3) is 10.9 Å². The number of hydrogen-bond acceptors (Lipinski definition) is 5. The summed E-state index contributed by atoms with van der Waals surface area (Å²) in [5, 5.41) is 6.54. The molecule has 0 aliphatic rings. The van der Waals surface area contributed by atoms with E-state index in [4.69, 9.17) is 9.47 Å². The van der Waals surface area contributed by atoms with Crippen molar-refractivity contribution in [2.24, 2.45) is 7.05 Å². The molecule has 8 nitrogen and oxygen atoms in total. The van der Waals surface area contributed by atoms with Crippen LogP contribution in [0.3, 0.4) is 0 Å². The molecule has 3 rings (SSSR count). The number of amides is 2. The predicted octanol–water partition coefficient (Wildman–Crippen LogP) is 3.66. The Balaban J connectivity index is 1.84. The molecule has 0 unspecified atom stereocenters. The molecule has 2 amide bonds. The van der Waals surface area contributed by atoms with Crippen molar-refractivity contribution >= 4 is 28.6 Å². The van der Waals surface area contributed by atoms with Crippen LogP contribution in [0.4, 0.5) is 10.5 Å². The van der Waals surface area contributed by atoms with Gasteiger partial charge in [0.2, 0.25) is 11.8 Å². The number of ether oxygens (including phenoxy) is 2. The van der Waals surface area contributed by atoms with E-state index in [0.717, 1.165) is 16.5 Å². The Hall–Kier alpha value is -3.55. The molecular weight excluding hydrogens is 396 g/mol. The van der Waals surface area contributed by atoms with E-state index in [1.807, 2.05) is 42.1 Å². The summed E-state index contributed by atoms with van der Waals surface area (Å²) in [7, 11) is 3.47. The van der Waals surface area contributed by atoms with E-state index in [1.165, 1.54) is 13.3 Å². The van der Waals surface area contributed by atoms with Crippen LogP contribution in [0.1, 0.15) is 26.3 Å². The number of hydrogen-bond donors (Lipinski definition) is 2. The van der Waals surface area contributed by atoms with E-state index in [9.17, 15) is 9.59 Å². The number of nitrogens with zero attached hydrogens (tertiary/aromatic N) is 2. The molecule has 2 N–H and O–H groups in total. The van der Waals surface area contributed by atoms with Gasteiger partial charge in [-0.1, -0.05) is 18.2 Å². The second kappa shape index (κ2) is 9.07. The number of anilines is 1. The molecule has 0 bridgehead atoms. The summed E-state index contributed by atoms with van der Waals surface area (Å²) in [6, 6.07) is 10.4. The van der Waals surface area contributed by atoms with E-state index in [2.05, 4.69) is 15.6 Å². The highest BCUT2D eigenvalue weighted by molar-refractivity contribution is 5.97. The number of fused-ring (bicyclic) bond motifs is 1. The molecule has 164 valence electrons. The Labute approximate surface area is 181 Å². The van der Waals surface area contributed by atoms with Crippen LogP contribution in [0.2, 0.25) is 0 Å². The first-order valence-corrected chi connectivity index (χ1v) is 9.99. The number of carbonyl (C=O) groups is 2. The second-order valence-electron chi connectivity index (χ2n) is 8.26. The minimum atomic E-state index is -0.845. The highest BCUT2D eigenvalue weighted by Crippen LogP contribution is 2.22. The normalized spacial score (nSPS) is 12.3. The summed E-state index contributed by atoms with van der Waals surface area (Å²) in [6.07, 6.45) is 3.12. The fourth-order valence-electron chi connectivity index (χ4n) is 3.27. The maximum atomic E-state index is 13.1. The van der Waals surface area contributed by atoms with Crippen molar-refractivity contribution in [1.29, 1.82) is 0 Å². The van der Waals surface area contributed by atoms with Gasteiger partial charge >= 0.3 is 6.09 Å². The van der Waals surface area contributed by atoms with E-state index < -0.39 is 17.7 Å². The van der Waals surface area contributed by atoms with Gasteiger partial charge in [-0.2, -0.15) is 0 Å². The number of rotatable bonds is 6. The molecule has 0 aliphatic carbocycles. The Bertz CT molecular complexity index is 1070. The van der Waals surface area contributed by atoms with Gasteiger partial charge in [0.15, 0.2) is 0 Å². The fraction of sp³-hybridized carbons (Fsp3) is 0.348. The summed E-state index contributed by atoms with van der Waals surface area (Å²) < 4.78 is 12.4. The average Bonchev–Trinajstić information content (AvgIpc) is 3.02. The zero-order valence-electron chi connectivity index (χ0n) is 18.4. The lowest BCUT2D eigenvalue weighted by molar-refractivity contribution is -0.118. The van der Waals surface area contributed by atoms with Crippen molar-refractivity contribution in [3.8, 4) is 5.88 Å². The molecule has 3 aromatic rings. The number of nitrogens with one attached hydrogen (secondary N) is 2. The van der Waals surface area contributed by atoms with Crippen molar-refractivity contribution < 1.29 is 19.1 Å². The number of benzene rings is 1. The molecular formula is C23H28N4O4. The number of carbonyl (C=O) groups excluding carboxylic acids is 2. The van der Waals surface area contributed by atoms with Crippen LogP contribution in [0, 0.1) is 0 Å². The Kier molecular flexibility index (Phi) is 6.48. The molecule has 1 aromatic carbocycles. The van der Waals surface area contributed by atoms with E-state index in [-0.39, 0.29) is 5.91 Å². The van der Waals surface area contributed by atoms with Crippen molar-refractivity contribution in [3.05, 3.63) is 54.4 Å². The van der Waals surface area contributed by atoms with E-state index >= 15 is 0 Å². The molecule has 0 aliphatic heterocycles. The third-order valence-electron chi connectivity index (χ3n) is 4.62. The Morgan fingerprint density at radius 1 is 1.16 bits per heavy atom. The quantitative estimate of drug-likeness (QED) is 0.630. The topological polar surface area (TPSA) is 94.5 Å². The number of aryl methyl sites for hydroxylation is 1. The number of alkyl carbamates (subject to hydrolysis) is 1. The van der Waals surface area contributed by atoms with Gasteiger partial charge in [-0.05, 0) is 38.5 Å². The molecule has 0 saturated heterocycles. The summed E-state index contributed by atoms with van der Waals surface area (Å²) in [4.78, 5) is 29.6. The van der Waals surface area contributed by atoms with Gasteiger partial charge in [0.1, 0.15) is 11.6 Å². The Morgan fingerprint density at radius 2 is 1.90 bits per heavy atom. The zero-order chi connectivity index (χ0) is 22.6. The van der Waals surface area contributed by atoms with Crippen molar-refractivity contribution in [3.63, 3.8) is 0 Å². The largest absolute Gasteiger partial charge is 0.481 e. The predicted molar refractivity (Wildman–Crippen MR) is 119 cm³/mol. The lowest BCUT2D eigenvalue weighted by Gasteiger charge is -2.23. The summed E-state index contributed by atoms with van der Waals surface area (Å²) in [5.41, 5.74) is 1.82. The zero-order valence-corrected chi connectivity index (χ0v) is 18.4. The minimum Gasteiger partial charge on any atom is -0.481 e. The molecule has 0 spiro atoms. The van der Waals surface area contributed by atoms with Gasteiger partial charge in [0.05, 0.1) is 19.0 Å². The highest BCUT2D eigenvalue weighted by atomic mass is 16.6. The molecule has 0 fully saturated rings. The van der Waals surface area contributed by atoms with Crippen molar-refractivity contribution in [2.75, 3.05) is 12.4 Å². The molecule has 2 heterocycles. The van der Waals surface area contributed by atoms with Gasteiger partial charge in [0.25, 0.3) is 0 Å². The standard InChI is InChI=1S/C23H28N4O4/c1-23(2,3)31-22(29)26-18(21(28)25-16-10-11-20(30-5)24-13-16)12-15-14-27(4)19-9-7-6-8-17(15)19/h6-11,13-14,18H,12H2,1-5H3,(H,25,28)(H,26,29)/t18-/m0/s1. The molecule has 1 atom stereocenters. The third-order valence-corrected chi connectivity index (χ3v) is 4.62. The minimum absolute atomic E-state index is 0.302. The number of pyridine rings is 1. The van der Waals surface area contributed by atoms with Crippen LogP contribution < -0.4 is 15.4 Å². The van der Waals surface area contributed by atoms with Gasteiger partial charge in [0, 0.05) is 36.6 Å². The van der Waals surface area contributed by atoms with Crippen molar-refractivity contribution in [2.45, 2.75) is 38.8 Å². The van der Waals surface area contributed by atoms with Gasteiger partial charge < -0.3 is 24.7 Å². The maximum Gasteiger partial charge on any atom is 0.408 e.